The number of benzene rings is 1. The molecule has 2 atom stereocenters. The molecule has 0 radical (unpaired) electrons. The van der Waals surface area contributed by atoms with Crippen molar-refractivity contribution in [2.75, 3.05) is 0 Å². The van der Waals surface area contributed by atoms with E-state index < -0.39 is 0 Å². The van der Waals surface area contributed by atoms with E-state index in [1.165, 1.54) is 11.1 Å². The normalized spacial score (nSPS) is 20.0. The Morgan fingerprint density at radius 3 is 2.84 bits per heavy atom. The molecule has 0 fully saturated rings. The maximum atomic E-state index is 10.4. The largest absolute Gasteiger partial charge is 0.392 e. The zero-order valence-electron chi connectivity index (χ0n) is 11.3. The Labute approximate surface area is 113 Å². The van der Waals surface area contributed by atoms with Gasteiger partial charge < -0.3 is 5.11 Å². The first-order valence-corrected chi connectivity index (χ1v) is 6.96. The molecule has 1 aliphatic carbocycles. The fourth-order valence-corrected chi connectivity index (χ4v) is 3.01. The minimum Gasteiger partial charge on any atom is -0.392 e. The highest BCUT2D eigenvalue weighted by Crippen LogP contribution is 2.28. The molecule has 1 N–H and O–H groups in total. The van der Waals surface area contributed by atoms with Crippen molar-refractivity contribution in [2.45, 2.75) is 31.8 Å². The van der Waals surface area contributed by atoms with E-state index in [0.29, 0.717) is 12.3 Å². The van der Waals surface area contributed by atoms with E-state index in [9.17, 15) is 5.11 Å². The van der Waals surface area contributed by atoms with Gasteiger partial charge in [0.1, 0.15) is 0 Å². The van der Waals surface area contributed by atoms with Crippen molar-refractivity contribution in [3.8, 4) is 0 Å². The number of hydrogen-bond donors (Lipinski definition) is 1. The van der Waals surface area contributed by atoms with Crippen LogP contribution in [0, 0.1) is 5.92 Å². The van der Waals surface area contributed by atoms with Crippen LogP contribution in [0.1, 0.15) is 23.2 Å². The van der Waals surface area contributed by atoms with Crippen LogP contribution in [0.4, 0.5) is 0 Å². The van der Waals surface area contributed by atoms with Gasteiger partial charge in [0.2, 0.25) is 0 Å². The van der Waals surface area contributed by atoms with Crippen molar-refractivity contribution in [2.24, 2.45) is 13.0 Å². The first kappa shape index (κ1) is 12.4. The molecule has 1 aromatic heterocycles. The van der Waals surface area contributed by atoms with E-state index in [4.69, 9.17) is 0 Å². The quantitative estimate of drug-likeness (QED) is 0.913. The molecule has 0 saturated carbocycles. The van der Waals surface area contributed by atoms with Crippen molar-refractivity contribution in [1.82, 2.24) is 9.78 Å². The van der Waals surface area contributed by atoms with E-state index in [1.807, 2.05) is 19.3 Å². The molecule has 0 saturated heterocycles. The van der Waals surface area contributed by atoms with Gasteiger partial charge in [-0.05, 0) is 42.4 Å². The highest BCUT2D eigenvalue weighted by Gasteiger charge is 2.25. The molecule has 3 nitrogen and oxygen atoms in total. The number of aliphatic hydroxyl groups is 1. The van der Waals surface area contributed by atoms with Crippen molar-refractivity contribution in [1.29, 1.82) is 0 Å². The van der Waals surface area contributed by atoms with Gasteiger partial charge in [0.25, 0.3) is 0 Å². The van der Waals surface area contributed by atoms with Crippen LogP contribution in [0.15, 0.2) is 36.5 Å². The second-order valence-electron chi connectivity index (χ2n) is 5.52. The Bertz CT molecular complexity index is 561. The van der Waals surface area contributed by atoms with Gasteiger partial charge in [0.15, 0.2) is 0 Å². The summed E-state index contributed by atoms with van der Waals surface area (Å²) in [5.74, 6) is 0.358. The molecule has 1 heterocycles. The molecule has 2 aromatic rings. The Balaban J connectivity index is 1.67. The SMILES string of the molecule is Cn1ccc(CC(O)C2CCc3ccccc3C2)n1. The molecule has 100 valence electrons. The highest BCUT2D eigenvalue weighted by atomic mass is 16.3. The minimum atomic E-state index is -0.289. The van der Waals surface area contributed by atoms with Gasteiger partial charge in [-0.1, -0.05) is 24.3 Å². The number of aryl methyl sites for hydroxylation is 2. The molecule has 1 aromatic carbocycles. The predicted octanol–water partition coefficient (Wildman–Crippen LogP) is 2.13. The molecule has 0 spiro atoms. The van der Waals surface area contributed by atoms with E-state index >= 15 is 0 Å². The zero-order chi connectivity index (χ0) is 13.2. The third kappa shape index (κ3) is 2.71. The Morgan fingerprint density at radius 1 is 1.32 bits per heavy atom. The second-order valence-corrected chi connectivity index (χ2v) is 5.52. The van der Waals surface area contributed by atoms with Crippen molar-refractivity contribution in [3.05, 3.63) is 53.3 Å². The third-order valence-corrected chi connectivity index (χ3v) is 4.12. The number of aliphatic hydroxyl groups excluding tert-OH is 1. The maximum absolute atomic E-state index is 10.4. The predicted molar refractivity (Wildman–Crippen MR) is 74.9 cm³/mol. The lowest BCUT2D eigenvalue weighted by molar-refractivity contribution is 0.0982. The minimum absolute atomic E-state index is 0.289. The molecule has 3 rings (SSSR count). The van der Waals surface area contributed by atoms with Gasteiger partial charge in [-0.3, -0.25) is 4.68 Å². The summed E-state index contributed by atoms with van der Waals surface area (Å²) in [4.78, 5) is 0. The van der Waals surface area contributed by atoms with Crippen LogP contribution in [-0.2, 0) is 26.3 Å². The summed E-state index contributed by atoms with van der Waals surface area (Å²) in [6.07, 6.45) is 5.45. The Hall–Kier alpha value is -1.61. The average Bonchev–Trinajstić information content (AvgIpc) is 2.83. The smallest absolute Gasteiger partial charge is 0.0650 e. The number of nitrogens with zero attached hydrogens (tertiary/aromatic N) is 2. The Morgan fingerprint density at radius 2 is 2.11 bits per heavy atom. The third-order valence-electron chi connectivity index (χ3n) is 4.12. The van der Waals surface area contributed by atoms with Gasteiger partial charge in [0.05, 0.1) is 11.8 Å². The maximum Gasteiger partial charge on any atom is 0.0650 e. The summed E-state index contributed by atoms with van der Waals surface area (Å²) < 4.78 is 1.79. The fourth-order valence-electron chi connectivity index (χ4n) is 3.01. The molecule has 19 heavy (non-hydrogen) atoms. The van der Waals surface area contributed by atoms with Crippen molar-refractivity contribution in [3.63, 3.8) is 0 Å². The summed E-state index contributed by atoms with van der Waals surface area (Å²) in [6.45, 7) is 0. The highest BCUT2D eigenvalue weighted by molar-refractivity contribution is 5.30. The standard InChI is InChI=1S/C16H20N2O/c1-18-9-8-15(17-18)11-16(19)14-7-6-12-4-2-3-5-13(12)10-14/h2-5,8-9,14,16,19H,6-7,10-11H2,1H3. The van der Waals surface area contributed by atoms with Crippen LogP contribution < -0.4 is 0 Å². The first-order chi connectivity index (χ1) is 9.22. The van der Waals surface area contributed by atoms with Crippen LogP contribution in [-0.4, -0.2) is 21.0 Å². The average molecular weight is 256 g/mol. The second kappa shape index (κ2) is 5.17. The van der Waals surface area contributed by atoms with Crippen molar-refractivity contribution < 1.29 is 5.11 Å². The molecule has 0 aliphatic heterocycles. The summed E-state index contributed by atoms with van der Waals surface area (Å²) in [5, 5.41) is 14.8. The van der Waals surface area contributed by atoms with Crippen molar-refractivity contribution >= 4 is 0 Å². The molecule has 3 heteroatoms. The molecule has 2 unspecified atom stereocenters. The van der Waals surface area contributed by atoms with Gasteiger partial charge >= 0.3 is 0 Å². The van der Waals surface area contributed by atoms with E-state index in [2.05, 4.69) is 29.4 Å². The van der Waals surface area contributed by atoms with E-state index in [1.54, 1.807) is 4.68 Å². The first-order valence-electron chi connectivity index (χ1n) is 6.96. The topological polar surface area (TPSA) is 38.0 Å². The summed E-state index contributed by atoms with van der Waals surface area (Å²) >= 11 is 0. The fraction of sp³-hybridized carbons (Fsp3) is 0.438. The van der Waals surface area contributed by atoms with Gasteiger partial charge in [0, 0.05) is 19.7 Å². The zero-order valence-corrected chi connectivity index (χ0v) is 11.3. The number of aromatic nitrogens is 2. The lowest BCUT2D eigenvalue weighted by atomic mass is 9.80. The van der Waals surface area contributed by atoms with Crippen LogP contribution in [0.25, 0.3) is 0 Å². The summed E-state index contributed by atoms with van der Waals surface area (Å²) in [6, 6.07) is 10.6. The van der Waals surface area contributed by atoms with Crippen LogP contribution in [0.3, 0.4) is 0 Å². The number of fused-ring (bicyclic) bond motifs is 1. The van der Waals surface area contributed by atoms with Gasteiger partial charge in [-0.2, -0.15) is 5.10 Å². The summed E-state index contributed by atoms with van der Waals surface area (Å²) in [7, 11) is 1.91. The Kier molecular flexibility index (Phi) is 3.38. The van der Waals surface area contributed by atoms with Gasteiger partial charge in [-0.15, -0.1) is 0 Å². The monoisotopic (exact) mass is 256 g/mol. The molecular weight excluding hydrogens is 236 g/mol. The molecule has 0 amide bonds. The van der Waals surface area contributed by atoms with E-state index in [0.717, 1.165) is 25.0 Å². The molecule has 0 bridgehead atoms. The molecule has 1 aliphatic rings. The lowest BCUT2D eigenvalue weighted by Crippen LogP contribution is -2.28. The lowest BCUT2D eigenvalue weighted by Gasteiger charge is -2.28. The summed E-state index contributed by atoms with van der Waals surface area (Å²) in [5.41, 5.74) is 3.83. The van der Waals surface area contributed by atoms with Crippen LogP contribution in [0.2, 0.25) is 0 Å². The van der Waals surface area contributed by atoms with Crippen LogP contribution >= 0.6 is 0 Å². The van der Waals surface area contributed by atoms with Gasteiger partial charge in [-0.25, -0.2) is 0 Å². The number of rotatable bonds is 3. The number of hydrogen-bond acceptors (Lipinski definition) is 2. The van der Waals surface area contributed by atoms with Crippen LogP contribution in [0.5, 0.6) is 0 Å². The van der Waals surface area contributed by atoms with E-state index in [-0.39, 0.29) is 6.10 Å². The molecular formula is C16H20N2O.